The van der Waals surface area contributed by atoms with E-state index >= 15 is 0 Å². The highest BCUT2D eigenvalue weighted by atomic mass is 32.2. The van der Waals surface area contributed by atoms with Crippen LogP contribution in [-0.2, 0) is 20.5 Å². The van der Waals surface area contributed by atoms with Crippen LogP contribution in [0.3, 0.4) is 0 Å². The van der Waals surface area contributed by atoms with Gasteiger partial charge in [0.15, 0.2) is 11.5 Å². The first-order valence-electron chi connectivity index (χ1n) is 9.52. The SMILES string of the molecule is CCC(=O)N[C@H](C)Cc1ccc(OC)c(SOON)c1.CCOc1ccccc1O. The number of phenolic OH excluding ortho intramolecular Hbond substituents is 1. The molecule has 0 saturated heterocycles. The fourth-order valence-electron chi connectivity index (χ4n) is 2.49. The lowest BCUT2D eigenvalue weighted by Gasteiger charge is -2.14. The van der Waals surface area contributed by atoms with Crippen molar-refractivity contribution in [2.75, 3.05) is 13.7 Å². The zero-order chi connectivity index (χ0) is 22.4. The Bertz CT molecular complexity index is 775. The van der Waals surface area contributed by atoms with Gasteiger partial charge in [-0.3, -0.25) is 4.79 Å². The summed E-state index contributed by atoms with van der Waals surface area (Å²) in [6.45, 7) is 6.25. The van der Waals surface area contributed by atoms with E-state index in [4.69, 9.17) is 20.5 Å². The summed E-state index contributed by atoms with van der Waals surface area (Å²) in [6, 6.07) is 12.7. The molecular weight excluding hydrogens is 408 g/mol. The molecule has 0 aliphatic carbocycles. The summed E-state index contributed by atoms with van der Waals surface area (Å²) in [5, 5.41) is 12.0. The number of para-hydroxylation sites is 2. The lowest BCUT2D eigenvalue weighted by molar-refractivity contribution is -0.195. The molecule has 0 fully saturated rings. The maximum atomic E-state index is 11.3. The average Bonchev–Trinajstić information content (AvgIpc) is 2.74. The van der Waals surface area contributed by atoms with Gasteiger partial charge in [0.05, 0.1) is 30.7 Å². The van der Waals surface area contributed by atoms with Crippen molar-refractivity contribution in [3.63, 3.8) is 0 Å². The molecule has 0 aliphatic rings. The topological polar surface area (TPSA) is 112 Å². The molecule has 2 rings (SSSR count). The molecular formula is C21H30N2O6S. The second-order valence-corrected chi connectivity index (χ2v) is 6.90. The number of ether oxygens (including phenoxy) is 2. The van der Waals surface area contributed by atoms with E-state index in [-0.39, 0.29) is 17.7 Å². The van der Waals surface area contributed by atoms with Crippen molar-refractivity contribution in [3.05, 3.63) is 48.0 Å². The monoisotopic (exact) mass is 438 g/mol. The second kappa shape index (κ2) is 14.5. The summed E-state index contributed by atoms with van der Waals surface area (Å²) in [6.07, 6.45) is 1.20. The lowest BCUT2D eigenvalue weighted by Crippen LogP contribution is -2.33. The van der Waals surface area contributed by atoms with Crippen molar-refractivity contribution < 1.29 is 28.7 Å². The third-order valence-electron chi connectivity index (χ3n) is 3.83. The molecule has 1 amide bonds. The van der Waals surface area contributed by atoms with Gasteiger partial charge in [0, 0.05) is 12.5 Å². The number of nitrogens with one attached hydrogen (secondary N) is 1. The fourth-order valence-corrected chi connectivity index (χ4v) is 3.03. The third-order valence-corrected chi connectivity index (χ3v) is 4.47. The number of hydrogen-bond donors (Lipinski definition) is 3. The highest BCUT2D eigenvalue weighted by molar-refractivity contribution is 7.94. The van der Waals surface area contributed by atoms with E-state index in [0.717, 1.165) is 22.5 Å². The molecule has 4 N–H and O–H groups in total. The first-order chi connectivity index (χ1) is 14.4. The Morgan fingerprint density at radius 2 is 1.93 bits per heavy atom. The molecule has 0 spiro atoms. The highest BCUT2D eigenvalue weighted by Crippen LogP contribution is 2.31. The van der Waals surface area contributed by atoms with Crippen molar-refractivity contribution in [2.45, 2.75) is 44.6 Å². The Balaban J connectivity index is 0.000000375. The Morgan fingerprint density at radius 1 is 1.20 bits per heavy atom. The van der Waals surface area contributed by atoms with Crippen LogP contribution in [0.2, 0.25) is 0 Å². The minimum atomic E-state index is 0.0421. The molecule has 0 aliphatic heterocycles. The maximum Gasteiger partial charge on any atom is 0.219 e. The number of aromatic hydroxyl groups is 1. The van der Waals surface area contributed by atoms with Gasteiger partial charge in [-0.15, -0.1) is 9.32 Å². The molecule has 1 atom stereocenters. The van der Waals surface area contributed by atoms with Crippen LogP contribution in [0, 0.1) is 0 Å². The van der Waals surface area contributed by atoms with Gasteiger partial charge in [-0.2, -0.15) is 5.90 Å². The van der Waals surface area contributed by atoms with Gasteiger partial charge < -0.3 is 19.9 Å². The average molecular weight is 439 g/mol. The number of methoxy groups -OCH3 is 1. The molecule has 0 saturated carbocycles. The van der Waals surface area contributed by atoms with Crippen molar-refractivity contribution in [1.82, 2.24) is 5.32 Å². The second-order valence-electron chi connectivity index (χ2n) is 6.16. The van der Waals surface area contributed by atoms with Crippen LogP contribution >= 0.6 is 12.0 Å². The molecule has 9 heteroatoms. The van der Waals surface area contributed by atoms with Gasteiger partial charge in [0.1, 0.15) is 5.75 Å². The van der Waals surface area contributed by atoms with Crippen LogP contribution in [0.1, 0.15) is 32.8 Å². The van der Waals surface area contributed by atoms with Crippen molar-refractivity contribution in [3.8, 4) is 17.2 Å². The first-order valence-corrected chi connectivity index (χ1v) is 10.3. The van der Waals surface area contributed by atoms with Crippen LogP contribution in [0.5, 0.6) is 17.2 Å². The minimum absolute atomic E-state index is 0.0421. The van der Waals surface area contributed by atoms with E-state index in [1.807, 2.05) is 45.0 Å². The summed E-state index contributed by atoms with van der Waals surface area (Å²) >= 11 is 0.972. The third kappa shape index (κ3) is 9.36. The van der Waals surface area contributed by atoms with E-state index in [1.54, 1.807) is 25.3 Å². The predicted octanol–water partition coefficient (Wildman–Crippen LogP) is 3.77. The molecule has 0 bridgehead atoms. The van der Waals surface area contributed by atoms with Crippen LogP contribution in [-0.4, -0.2) is 30.8 Å². The Kier molecular flexibility index (Phi) is 12.4. The quantitative estimate of drug-likeness (QED) is 0.292. The molecule has 166 valence electrons. The van der Waals surface area contributed by atoms with E-state index in [1.165, 1.54) is 0 Å². The number of hydrogen-bond acceptors (Lipinski definition) is 8. The molecule has 0 aromatic heterocycles. The number of amides is 1. The zero-order valence-corrected chi connectivity index (χ0v) is 18.5. The van der Waals surface area contributed by atoms with Crippen molar-refractivity contribution in [2.24, 2.45) is 5.90 Å². The Hall–Kier alpha value is -2.46. The number of rotatable bonds is 10. The number of benzene rings is 2. The van der Waals surface area contributed by atoms with Crippen LogP contribution < -0.4 is 20.7 Å². The molecule has 2 aromatic rings. The predicted molar refractivity (Wildman–Crippen MR) is 116 cm³/mol. The van der Waals surface area contributed by atoms with Crippen LogP contribution in [0.25, 0.3) is 0 Å². The summed E-state index contributed by atoms with van der Waals surface area (Å²) in [5.41, 5.74) is 1.05. The molecule has 30 heavy (non-hydrogen) atoms. The van der Waals surface area contributed by atoms with E-state index in [2.05, 4.69) is 14.6 Å². The maximum absolute atomic E-state index is 11.3. The Morgan fingerprint density at radius 3 is 2.53 bits per heavy atom. The van der Waals surface area contributed by atoms with E-state index < -0.39 is 0 Å². The first kappa shape index (κ1) is 25.6. The summed E-state index contributed by atoms with van der Waals surface area (Å²) < 4.78 is 15.0. The Labute approximate surface area is 181 Å². The van der Waals surface area contributed by atoms with Gasteiger partial charge in [-0.25, -0.2) is 0 Å². The summed E-state index contributed by atoms with van der Waals surface area (Å²) in [4.78, 5) is 16.2. The van der Waals surface area contributed by atoms with Crippen LogP contribution in [0.15, 0.2) is 47.4 Å². The molecule has 2 aromatic carbocycles. The normalized spacial score (nSPS) is 11.1. The highest BCUT2D eigenvalue weighted by Gasteiger charge is 2.10. The zero-order valence-electron chi connectivity index (χ0n) is 17.7. The van der Waals surface area contributed by atoms with Gasteiger partial charge >= 0.3 is 0 Å². The molecule has 0 unspecified atom stereocenters. The van der Waals surface area contributed by atoms with Gasteiger partial charge in [-0.05, 0) is 50.1 Å². The summed E-state index contributed by atoms with van der Waals surface area (Å²) in [7, 11) is 1.58. The van der Waals surface area contributed by atoms with Gasteiger partial charge in [-0.1, -0.05) is 25.1 Å². The number of phenols is 1. The van der Waals surface area contributed by atoms with E-state index in [0.29, 0.717) is 30.9 Å². The summed E-state index contributed by atoms with van der Waals surface area (Å²) in [5.74, 6) is 6.28. The number of nitrogens with two attached hydrogens (primary N) is 1. The minimum Gasteiger partial charge on any atom is -0.504 e. The smallest absolute Gasteiger partial charge is 0.219 e. The van der Waals surface area contributed by atoms with Gasteiger partial charge in [0.2, 0.25) is 5.91 Å². The van der Waals surface area contributed by atoms with E-state index in [9.17, 15) is 4.79 Å². The molecule has 0 heterocycles. The lowest BCUT2D eigenvalue weighted by atomic mass is 10.1. The van der Waals surface area contributed by atoms with Crippen molar-refractivity contribution in [1.29, 1.82) is 0 Å². The largest absolute Gasteiger partial charge is 0.504 e. The number of carbonyl (C=O) groups is 1. The standard InChI is InChI=1S/C13H20N2O4S.C8H10O2/c1-4-13(16)15-9(2)7-10-5-6-11(17-3)12(8-10)20-19-18-14;1-2-10-8-6-4-3-5-7(8)9/h5-6,8-9H,4,7,14H2,1-3H3,(H,15,16);3-6,9H,2H2,1H3/t9-;/m1./s1. The fraction of sp³-hybridized carbons (Fsp3) is 0.381. The van der Waals surface area contributed by atoms with Crippen molar-refractivity contribution >= 4 is 17.9 Å². The number of carbonyl (C=O) groups excluding carboxylic acids is 1. The molecule has 0 radical (unpaired) electrons. The van der Waals surface area contributed by atoms with Gasteiger partial charge in [0.25, 0.3) is 0 Å². The van der Waals surface area contributed by atoms with Crippen LogP contribution in [0.4, 0.5) is 0 Å². The molecule has 8 nitrogen and oxygen atoms in total.